The quantitative estimate of drug-likeness (QED) is 0.681. The number of carbonyl (C=O) groups excluding carboxylic acids is 1. The fourth-order valence-electron chi connectivity index (χ4n) is 1.48. The molecule has 1 heterocycles. The van der Waals surface area contributed by atoms with Crippen molar-refractivity contribution in [2.75, 3.05) is 6.61 Å². The minimum atomic E-state index is -0.458. The number of aryl methyl sites for hydroxylation is 2. The molecule has 0 aromatic carbocycles. The largest absolute Gasteiger partial charge is 0.394 e. The third kappa shape index (κ3) is 2.70. The van der Waals surface area contributed by atoms with E-state index in [2.05, 4.69) is 10.3 Å². The van der Waals surface area contributed by atoms with E-state index in [0.717, 1.165) is 0 Å². The molecule has 0 saturated heterocycles. The number of H-pyrrole nitrogens is 1. The van der Waals surface area contributed by atoms with Crippen LogP contribution >= 0.6 is 0 Å². The SMILES string of the molecule is Cc1cc(C)c(C(=O)N[C@H](C)CO)c(=O)[nH]1. The maximum absolute atomic E-state index is 11.7. The van der Waals surface area contributed by atoms with E-state index in [1.54, 1.807) is 26.8 Å². The van der Waals surface area contributed by atoms with Crippen molar-refractivity contribution < 1.29 is 9.90 Å². The Bertz CT molecular complexity index is 451. The van der Waals surface area contributed by atoms with Gasteiger partial charge in [0.1, 0.15) is 5.56 Å². The standard InChI is InChI=1S/C11H16N2O3/c1-6-4-7(2)12-10(15)9(6)11(16)13-8(3)5-14/h4,8,14H,5H2,1-3H3,(H,12,15)(H,13,16)/t8-/m1/s1. The highest BCUT2D eigenvalue weighted by Gasteiger charge is 2.15. The number of hydrogen-bond acceptors (Lipinski definition) is 3. The number of pyridine rings is 1. The van der Waals surface area contributed by atoms with Crippen molar-refractivity contribution >= 4 is 5.91 Å². The summed E-state index contributed by atoms with van der Waals surface area (Å²) < 4.78 is 0. The first-order valence-corrected chi connectivity index (χ1v) is 5.08. The second-order valence-electron chi connectivity index (χ2n) is 3.90. The summed E-state index contributed by atoms with van der Waals surface area (Å²) in [5.74, 6) is -0.458. The third-order valence-corrected chi connectivity index (χ3v) is 2.24. The van der Waals surface area contributed by atoms with Gasteiger partial charge in [-0.2, -0.15) is 0 Å². The zero-order chi connectivity index (χ0) is 12.3. The Labute approximate surface area is 93.5 Å². The number of carbonyl (C=O) groups is 1. The molecule has 0 unspecified atom stereocenters. The van der Waals surface area contributed by atoms with Gasteiger partial charge in [-0.05, 0) is 32.4 Å². The molecule has 1 aromatic rings. The maximum atomic E-state index is 11.7. The number of aromatic nitrogens is 1. The molecule has 16 heavy (non-hydrogen) atoms. The van der Waals surface area contributed by atoms with Gasteiger partial charge in [-0.25, -0.2) is 0 Å². The minimum absolute atomic E-state index is 0.103. The molecule has 1 rings (SSSR count). The molecular weight excluding hydrogens is 208 g/mol. The predicted octanol–water partition coefficient (Wildman–Crippen LogP) is 0.102. The van der Waals surface area contributed by atoms with Crippen molar-refractivity contribution in [3.8, 4) is 0 Å². The number of hydrogen-bond donors (Lipinski definition) is 3. The van der Waals surface area contributed by atoms with E-state index < -0.39 is 11.5 Å². The number of aliphatic hydroxyl groups is 1. The fourth-order valence-corrected chi connectivity index (χ4v) is 1.48. The lowest BCUT2D eigenvalue weighted by Gasteiger charge is -2.11. The first kappa shape index (κ1) is 12.4. The van der Waals surface area contributed by atoms with Gasteiger partial charge in [-0.3, -0.25) is 9.59 Å². The van der Waals surface area contributed by atoms with Crippen LogP contribution in [0.3, 0.4) is 0 Å². The van der Waals surface area contributed by atoms with Crippen LogP contribution in [0.25, 0.3) is 0 Å². The molecule has 3 N–H and O–H groups in total. The van der Waals surface area contributed by atoms with Crippen LogP contribution in [0.1, 0.15) is 28.5 Å². The lowest BCUT2D eigenvalue weighted by atomic mass is 10.1. The Hall–Kier alpha value is -1.62. The number of amides is 1. The summed E-state index contributed by atoms with van der Waals surface area (Å²) in [7, 11) is 0. The van der Waals surface area contributed by atoms with Crippen molar-refractivity contribution in [3.63, 3.8) is 0 Å². The van der Waals surface area contributed by atoms with Gasteiger partial charge in [-0.1, -0.05) is 0 Å². The molecule has 5 heteroatoms. The molecule has 0 aliphatic heterocycles. The zero-order valence-electron chi connectivity index (χ0n) is 9.63. The van der Waals surface area contributed by atoms with Gasteiger partial charge in [0.25, 0.3) is 11.5 Å². The molecule has 1 amide bonds. The molecule has 0 fully saturated rings. The average molecular weight is 224 g/mol. The Morgan fingerprint density at radius 3 is 2.69 bits per heavy atom. The van der Waals surface area contributed by atoms with E-state index in [-0.39, 0.29) is 18.2 Å². The van der Waals surface area contributed by atoms with Crippen molar-refractivity contribution in [3.05, 3.63) is 33.2 Å². The summed E-state index contributed by atoms with van der Waals surface area (Å²) in [6.45, 7) is 4.97. The molecule has 1 aromatic heterocycles. The van der Waals surface area contributed by atoms with Crippen LogP contribution < -0.4 is 10.9 Å². The minimum Gasteiger partial charge on any atom is -0.394 e. The Morgan fingerprint density at radius 2 is 2.19 bits per heavy atom. The summed E-state index contributed by atoms with van der Waals surface area (Å²) >= 11 is 0. The van der Waals surface area contributed by atoms with Crippen LogP contribution in [-0.4, -0.2) is 28.6 Å². The number of aliphatic hydroxyl groups excluding tert-OH is 1. The first-order valence-electron chi connectivity index (χ1n) is 5.08. The highest BCUT2D eigenvalue weighted by atomic mass is 16.3. The molecule has 1 atom stereocenters. The molecule has 88 valence electrons. The molecule has 5 nitrogen and oxygen atoms in total. The van der Waals surface area contributed by atoms with Gasteiger partial charge in [0.2, 0.25) is 0 Å². The molecule has 0 saturated carbocycles. The molecule has 0 spiro atoms. The van der Waals surface area contributed by atoms with E-state index in [1.165, 1.54) is 0 Å². The highest BCUT2D eigenvalue weighted by Crippen LogP contribution is 2.03. The summed E-state index contributed by atoms with van der Waals surface area (Å²) in [6.07, 6.45) is 0. The lowest BCUT2D eigenvalue weighted by Crippen LogP contribution is -2.38. The van der Waals surface area contributed by atoms with Gasteiger partial charge in [0.15, 0.2) is 0 Å². The summed E-state index contributed by atoms with van der Waals surface area (Å²) in [5.41, 5.74) is 1.05. The lowest BCUT2D eigenvalue weighted by molar-refractivity contribution is 0.0920. The van der Waals surface area contributed by atoms with Gasteiger partial charge in [0.05, 0.1) is 6.61 Å². The van der Waals surface area contributed by atoms with Crippen LogP contribution in [0.15, 0.2) is 10.9 Å². The number of nitrogens with one attached hydrogen (secondary N) is 2. The molecule has 0 radical (unpaired) electrons. The summed E-state index contributed by atoms with van der Waals surface area (Å²) in [4.78, 5) is 25.9. The smallest absolute Gasteiger partial charge is 0.261 e. The van der Waals surface area contributed by atoms with Crippen molar-refractivity contribution in [1.82, 2.24) is 10.3 Å². The topological polar surface area (TPSA) is 82.2 Å². The first-order chi connectivity index (χ1) is 7.45. The van der Waals surface area contributed by atoms with E-state index in [1.807, 2.05) is 0 Å². The summed E-state index contributed by atoms with van der Waals surface area (Å²) in [5, 5.41) is 11.4. The molecule has 0 aliphatic rings. The van der Waals surface area contributed by atoms with Crippen LogP contribution in [-0.2, 0) is 0 Å². The van der Waals surface area contributed by atoms with E-state index in [9.17, 15) is 9.59 Å². The Balaban J connectivity index is 3.05. The number of aromatic amines is 1. The summed E-state index contributed by atoms with van der Waals surface area (Å²) in [6, 6.07) is 1.37. The van der Waals surface area contributed by atoms with E-state index >= 15 is 0 Å². The Kier molecular flexibility index (Phi) is 3.84. The van der Waals surface area contributed by atoms with Crippen molar-refractivity contribution in [2.45, 2.75) is 26.8 Å². The van der Waals surface area contributed by atoms with Crippen LogP contribution in [0.2, 0.25) is 0 Å². The Morgan fingerprint density at radius 1 is 1.56 bits per heavy atom. The molecular formula is C11H16N2O3. The average Bonchev–Trinajstić information content (AvgIpc) is 2.15. The van der Waals surface area contributed by atoms with Gasteiger partial charge < -0.3 is 15.4 Å². The predicted molar refractivity (Wildman–Crippen MR) is 60.6 cm³/mol. The van der Waals surface area contributed by atoms with E-state index in [4.69, 9.17) is 5.11 Å². The third-order valence-electron chi connectivity index (χ3n) is 2.24. The van der Waals surface area contributed by atoms with Gasteiger partial charge >= 0.3 is 0 Å². The zero-order valence-corrected chi connectivity index (χ0v) is 9.63. The second-order valence-corrected chi connectivity index (χ2v) is 3.90. The van der Waals surface area contributed by atoms with Crippen LogP contribution in [0.5, 0.6) is 0 Å². The maximum Gasteiger partial charge on any atom is 0.261 e. The van der Waals surface area contributed by atoms with Crippen LogP contribution in [0, 0.1) is 13.8 Å². The molecule has 0 aliphatic carbocycles. The monoisotopic (exact) mass is 224 g/mol. The van der Waals surface area contributed by atoms with Crippen LogP contribution in [0.4, 0.5) is 0 Å². The molecule has 0 bridgehead atoms. The highest BCUT2D eigenvalue weighted by molar-refractivity contribution is 5.95. The van der Waals surface area contributed by atoms with Gasteiger partial charge in [-0.15, -0.1) is 0 Å². The second kappa shape index (κ2) is 4.94. The van der Waals surface area contributed by atoms with Crippen molar-refractivity contribution in [2.24, 2.45) is 0 Å². The normalized spacial score (nSPS) is 12.2. The van der Waals surface area contributed by atoms with Gasteiger partial charge in [0, 0.05) is 11.7 Å². The van der Waals surface area contributed by atoms with Crippen molar-refractivity contribution in [1.29, 1.82) is 0 Å². The fraction of sp³-hybridized carbons (Fsp3) is 0.455. The van der Waals surface area contributed by atoms with E-state index in [0.29, 0.717) is 11.3 Å². The number of rotatable bonds is 3.